The Kier molecular flexibility index (Phi) is 5.18. The summed E-state index contributed by atoms with van der Waals surface area (Å²) in [6.45, 7) is 7.34. The van der Waals surface area contributed by atoms with Gasteiger partial charge in [0.1, 0.15) is 0 Å². The lowest BCUT2D eigenvalue weighted by atomic mass is 10.00. The van der Waals surface area contributed by atoms with Gasteiger partial charge in [-0.3, -0.25) is 4.79 Å². The van der Waals surface area contributed by atoms with Crippen LogP contribution < -0.4 is 10.6 Å². The summed E-state index contributed by atoms with van der Waals surface area (Å²) in [4.78, 5) is 11.6. The van der Waals surface area contributed by atoms with Crippen LogP contribution in [0.5, 0.6) is 0 Å². The highest BCUT2D eigenvalue weighted by molar-refractivity contribution is 5.76. The van der Waals surface area contributed by atoms with E-state index in [4.69, 9.17) is 0 Å². The molecule has 3 heteroatoms. The van der Waals surface area contributed by atoms with Gasteiger partial charge in [0.05, 0.1) is 0 Å². The molecule has 2 N–H and O–H groups in total. The first-order chi connectivity index (χ1) is 9.56. The van der Waals surface area contributed by atoms with E-state index in [1.165, 1.54) is 16.7 Å². The monoisotopic (exact) mass is 274 g/mol. The van der Waals surface area contributed by atoms with Crippen LogP contribution in [0.1, 0.15) is 55.3 Å². The van der Waals surface area contributed by atoms with Crippen LogP contribution in [0.2, 0.25) is 0 Å². The molecule has 2 rings (SSSR count). The highest BCUT2D eigenvalue weighted by Gasteiger charge is 2.22. The normalized spacial score (nSPS) is 15.9. The highest BCUT2D eigenvalue weighted by Crippen LogP contribution is 2.19. The van der Waals surface area contributed by atoms with Gasteiger partial charge in [0, 0.05) is 18.5 Å². The number of amides is 1. The molecule has 3 nitrogen and oxygen atoms in total. The number of rotatable bonds is 7. The van der Waals surface area contributed by atoms with E-state index in [1.54, 1.807) is 0 Å². The lowest BCUT2D eigenvalue weighted by molar-refractivity contribution is -0.121. The van der Waals surface area contributed by atoms with Gasteiger partial charge in [0.15, 0.2) is 0 Å². The van der Waals surface area contributed by atoms with Crippen LogP contribution in [-0.2, 0) is 4.79 Å². The van der Waals surface area contributed by atoms with Crippen molar-refractivity contribution in [3.8, 4) is 0 Å². The first-order valence-electron chi connectivity index (χ1n) is 7.66. The van der Waals surface area contributed by atoms with Crippen molar-refractivity contribution in [3.63, 3.8) is 0 Å². The summed E-state index contributed by atoms with van der Waals surface area (Å²) in [7, 11) is 0. The summed E-state index contributed by atoms with van der Waals surface area (Å²) in [5.41, 5.74) is 3.97. The fraction of sp³-hybridized carbons (Fsp3) is 0.588. The van der Waals surface area contributed by atoms with Crippen molar-refractivity contribution in [3.05, 3.63) is 34.9 Å². The molecule has 20 heavy (non-hydrogen) atoms. The Bertz CT molecular complexity index is 466. The molecule has 0 aromatic heterocycles. The second-order valence-corrected chi connectivity index (χ2v) is 5.98. The molecule has 1 saturated carbocycles. The molecule has 1 aliphatic rings. The molecule has 1 amide bonds. The smallest absolute Gasteiger partial charge is 0.220 e. The minimum absolute atomic E-state index is 0.202. The van der Waals surface area contributed by atoms with Crippen LogP contribution in [0.4, 0.5) is 0 Å². The second kappa shape index (κ2) is 6.89. The van der Waals surface area contributed by atoms with Gasteiger partial charge in [-0.05, 0) is 57.7 Å². The molecular weight excluding hydrogens is 248 g/mol. The number of carbonyl (C=O) groups is 1. The molecule has 0 aliphatic heterocycles. The lowest BCUT2D eigenvalue weighted by Gasteiger charge is -2.17. The van der Waals surface area contributed by atoms with Gasteiger partial charge in [-0.2, -0.15) is 0 Å². The minimum Gasteiger partial charge on any atom is -0.353 e. The zero-order valence-electron chi connectivity index (χ0n) is 12.8. The minimum atomic E-state index is 0.202. The number of nitrogens with one attached hydrogen (secondary N) is 2. The average molecular weight is 274 g/mol. The Hall–Kier alpha value is -1.35. The van der Waals surface area contributed by atoms with Gasteiger partial charge in [-0.1, -0.05) is 23.8 Å². The second-order valence-electron chi connectivity index (χ2n) is 5.98. The number of hydrogen-bond donors (Lipinski definition) is 2. The van der Waals surface area contributed by atoms with Crippen molar-refractivity contribution in [2.24, 2.45) is 0 Å². The van der Waals surface area contributed by atoms with Crippen molar-refractivity contribution >= 4 is 5.91 Å². The molecule has 1 fully saturated rings. The SMILES string of the molecule is Cc1ccc(C)c(C(C)NCCCC(=O)NC2CC2)c1. The molecule has 1 aromatic rings. The molecule has 1 unspecified atom stereocenters. The quantitative estimate of drug-likeness (QED) is 0.750. The van der Waals surface area contributed by atoms with E-state index in [2.05, 4.69) is 49.6 Å². The van der Waals surface area contributed by atoms with Crippen LogP contribution >= 0.6 is 0 Å². The summed E-state index contributed by atoms with van der Waals surface area (Å²) in [5, 5.41) is 6.53. The zero-order valence-corrected chi connectivity index (χ0v) is 12.8. The first-order valence-corrected chi connectivity index (χ1v) is 7.66. The van der Waals surface area contributed by atoms with E-state index in [1.807, 2.05) is 0 Å². The Labute approximate surface area is 122 Å². The van der Waals surface area contributed by atoms with Gasteiger partial charge in [0.2, 0.25) is 5.91 Å². The summed E-state index contributed by atoms with van der Waals surface area (Å²) in [5.74, 6) is 0.202. The largest absolute Gasteiger partial charge is 0.353 e. The fourth-order valence-corrected chi connectivity index (χ4v) is 2.43. The third kappa shape index (κ3) is 4.64. The molecule has 1 atom stereocenters. The summed E-state index contributed by atoms with van der Waals surface area (Å²) >= 11 is 0. The number of hydrogen-bond acceptors (Lipinski definition) is 2. The maximum absolute atomic E-state index is 11.6. The van der Waals surface area contributed by atoms with Crippen molar-refractivity contribution < 1.29 is 4.79 Å². The molecular formula is C17H26N2O. The van der Waals surface area contributed by atoms with Gasteiger partial charge < -0.3 is 10.6 Å². The summed E-state index contributed by atoms with van der Waals surface area (Å²) < 4.78 is 0. The fourth-order valence-electron chi connectivity index (χ4n) is 2.43. The number of benzene rings is 1. The Morgan fingerprint density at radius 3 is 2.80 bits per heavy atom. The van der Waals surface area contributed by atoms with Crippen molar-refractivity contribution in [2.45, 2.75) is 58.5 Å². The van der Waals surface area contributed by atoms with E-state index in [-0.39, 0.29) is 5.91 Å². The van der Waals surface area contributed by atoms with Crippen LogP contribution in [0.25, 0.3) is 0 Å². The van der Waals surface area contributed by atoms with Crippen molar-refractivity contribution in [1.29, 1.82) is 0 Å². The zero-order chi connectivity index (χ0) is 14.5. The predicted octanol–water partition coefficient (Wildman–Crippen LogP) is 3.01. The van der Waals surface area contributed by atoms with Crippen LogP contribution in [0.15, 0.2) is 18.2 Å². The third-order valence-corrected chi connectivity index (χ3v) is 3.87. The maximum atomic E-state index is 11.6. The van der Waals surface area contributed by atoms with Crippen LogP contribution in [0.3, 0.4) is 0 Å². The van der Waals surface area contributed by atoms with Gasteiger partial charge in [-0.25, -0.2) is 0 Å². The molecule has 110 valence electrons. The van der Waals surface area contributed by atoms with Gasteiger partial charge in [-0.15, -0.1) is 0 Å². The Morgan fingerprint density at radius 1 is 1.35 bits per heavy atom. The molecule has 0 radical (unpaired) electrons. The van der Waals surface area contributed by atoms with Crippen molar-refractivity contribution in [2.75, 3.05) is 6.54 Å². The van der Waals surface area contributed by atoms with E-state index < -0.39 is 0 Å². The van der Waals surface area contributed by atoms with E-state index in [0.717, 1.165) is 25.8 Å². The molecule has 1 aliphatic carbocycles. The molecule has 1 aromatic carbocycles. The van der Waals surface area contributed by atoms with E-state index >= 15 is 0 Å². The van der Waals surface area contributed by atoms with Crippen LogP contribution in [0, 0.1) is 13.8 Å². The summed E-state index contributed by atoms with van der Waals surface area (Å²) in [6, 6.07) is 7.37. The third-order valence-electron chi connectivity index (χ3n) is 3.87. The number of carbonyl (C=O) groups excluding carboxylic acids is 1. The molecule has 0 spiro atoms. The van der Waals surface area contributed by atoms with E-state index in [0.29, 0.717) is 18.5 Å². The molecule has 0 saturated heterocycles. The topological polar surface area (TPSA) is 41.1 Å². The first kappa shape index (κ1) is 15.0. The summed E-state index contributed by atoms with van der Waals surface area (Å²) in [6.07, 6.45) is 3.85. The highest BCUT2D eigenvalue weighted by atomic mass is 16.1. The number of aryl methyl sites for hydroxylation is 2. The molecule has 0 heterocycles. The Morgan fingerprint density at radius 2 is 2.10 bits per heavy atom. The predicted molar refractivity (Wildman–Crippen MR) is 82.7 cm³/mol. The maximum Gasteiger partial charge on any atom is 0.220 e. The van der Waals surface area contributed by atoms with E-state index in [9.17, 15) is 4.79 Å². The molecule has 0 bridgehead atoms. The van der Waals surface area contributed by atoms with Gasteiger partial charge in [0.25, 0.3) is 0 Å². The standard InChI is InChI=1S/C17H26N2O/c1-12-6-7-13(2)16(11-12)14(3)18-10-4-5-17(20)19-15-8-9-15/h6-7,11,14-15,18H,4-5,8-10H2,1-3H3,(H,19,20). The van der Waals surface area contributed by atoms with Crippen LogP contribution in [-0.4, -0.2) is 18.5 Å². The average Bonchev–Trinajstić information content (AvgIpc) is 3.21. The lowest BCUT2D eigenvalue weighted by Crippen LogP contribution is -2.27. The van der Waals surface area contributed by atoms with Gasteiger partial charge >= 0.3 is 0 Å². The van der Waals surface area contributed by atoms with Crippen molar-refractivity contribution in [1.82, 2.24) is 10.6 Å². The Balaban J connectivity index is 1.70.